The molecule has 0 spiro atoms. The topological polar surface area (TPSA) is 122 Å². The first kappa shape index (κ1) is 22.9. The number of primary amides is 1. The lowest BCUT2D eigenvalue weighted by Crippen LogP contribution is -2.41. The minimum absolute atomic E-state index is 0.0413. The summed E-state index contributed by atoms with van der Waals surface area (Å²) < 4.78 is 6.10. The van der Waals surface area contributed by atoms with Crippen LogP contribution >= 0.6 is 0 Å². The zero-order valence-electron chi connectivity index (χ0n) is 18.7. The van der Waals surface area contributed by atoms with Gasteiger partial charge in [0.15, 0.2) is 0 Å². The number of aliphatic hydroxyl groups is 1. The molecule has 0 saturated heterocycles. The summed E-state index contributed by atoms with van der Waals surface area (Å²) in [7, 11) is 6.27. The van der Waals surface area contributed by atoms with E-state index in [0.29, 0.717) is 18.2 Å². The molecule has 8 nitrogen and oxygen atoms in total. The summed E-state index contributed by atoms with van der Waals surface area (Å²) in [4.78, 5) is 20.7. The summed E-state index contributed by atoms with van der Waals surface area (Å²) in [6.45, 7) is 1.85. The highest BCUT2D eigenvalue weighted by molar-refractivity contribution is 6.58. The molecule has 2 saturated carbocycles. The Hall–Kier alpha value is -1.74. The molecule has 0 radical (unpaired) electrons. The molecule has 30 heavy (non-hydrogen) atoms. The van der Waals surface area contributed by atoms with Gasteiger partial charge in [-0.3, -0.25) is 4.79 Å². The number of nitrogens with zero attached hydrogens (tertiary/aromatic N) is 2. The number of anilines is 2. The normalized spacial score (nSPS) is 29.9. The van der Waals surface area contributed by atoms with E-state index in [4.69, 9.17) is 10.5 Å². The second-order valence-electron chi connectivity index (χ2n) is 10.1. The van der Waals surface area contributed by atoms with E-state index in [2.05, 4.69) is 44.1 Å². The Morgan fingerprint density at radius 3 is 2.53 bits per heavy atom. The summed E-state index contributed by atoms with van der Waals surface area (Å²) >= 11 is 0. The van der Waals surface area contributed by atoms with Crippen molar-refractivity contribution in [3.8, 4) is 0 Å². The second kappa shape index (κ2) is 9.18. The van der Waals surface area contributed by atoms with Crippen molar-refractivity contribution < 1.29 is 14.6 Å². The van der Waals surface area contributed by atoms with Crippen molar-refractivity contribution in [3.63, 3.8) is 0 Å². The Morgan fingerprint density at radius 2 is 1.93 bits per heavy atom. The van der Waals surface area contributed by atoms with Crippen LogP contribution in [0.1, 0.15) is 68.6 Å². The van der Waals surface area contributed by atoms with Gasteiger partial charge in [-0.1, -0.05) is 0 Å². The average molecular weight is 413 g/mol. The second-order valence-corrected chi connectivity index (χ2v) is 10.1. The van der Waals surface area contributed by atoms with E-state index in [-0.39, 0.29) is 29.1 Å². The summed E-state index contributed by atoms with van der Waals surface area (Å²) in [5.74, 6) is 0.365. The first-order chi connectivity index (χ1) is 14.0. The van der Waals surface area contributed by atoms with Crippen molar-refractivity contribution in [2.24, 2.45) is 5.73 Å². The number of nitrogens with two attached hydrogens (primary N) is 1. The van der Waals surface area contributed by atoms with Crippen LogP contribution in [0.4, 0.5) is 11.8 Å². The van der Waals surface area contributed by atoms with Gasteiger partial charge in [0.1, 0.15) is 29.4 Å². The van der Waals surface area contributed by atoms with E-state index < -0.39 is 11.5 Å². The highest BCUT2D eigenvalue weighted by Crippen LogP contribution is 2.30. The summed E-state index contributed by atoms with van der Waals surface area (Å²) in [5, 5.41) is 17.0. The van der Waals surface area contributed by atoms with Gasteiger partial charge in [-0.15, -0.1) is 0 Å². The number of aromatic nitrogens is 2. The number of ether oxygens (including phenoxy) is 1. The van der Waals surface area contributed by atoms with Gasteiger partial charge in [-0.25, -0.2) is 4.98 Å². The van der Waals surface area contributed by atoms with Crippen LogP contribution in [-0.2, 0) is 4.74 Å². The first-order valence-corrected chi connectivity index (χ1v) is 11.1. The molecule has 1 amide bonds. The number of hydrogen-bond acceptors (Lipinski definition) is 7. The highest BCUT2D eigenvalue weighted by Gasteiger charge is 2.31. The smallest absolute Gasteiger partial charge is 0.254 e. The van der Waals surface area contributed by atoms with Crippen molar-refractivity contribution in [2.45, 2.75) is 87.4 Å². The molecule has 2 atom stereocenters. The Kier molecular flexibility index (Phi) is 7.02. The molecule has 1 aromatic heterocycles. The van der Waals surface area contributed by atoms with Gasteiger partial charge in [0, 0.05) is 18.3 Å². The van der Waals surface area contributed by atoms with Crippen LogP contribution in [-0.4, -0.2) is 73.6 Å². The molecular weight excluding hydrogens is 379 g/mol. The van der Waals surface area contributed by atoms with E-state index >= 15 is 0 Å². The monoisotopic (exact) mass is 413 g/mol. The Bertz CT molecular complexity index is 751. The van der Waals surface area contributed by atoms with E-state index in [1.807, 2.05) is 6.92 Å². The van der Waals surface area contributed by atoms with E-state index in [1.54, 1.807) is 0 Å². The van der Waals surface area contributed by atoms with Crippen LogP contribution in [0.15, 0.2) is 6.20 Å². The molecule has 162 valence electrons. The first-order valence-electron chi connectivity index (χ1n) is 11.1. The number of amides is 1. The summed E-state index contributed by atoms with van der Waals surface area (Å²) in [5.41, 5.74) is 5.10. The Morgan fingerprint density at radius 1 is 1.23 bits per heavy atom. The molecule has 2 fully saturated rings. The number of rotatable bonds is 7. The minimum atomic E-state index is -0.704. The third kappa shape index (κ3) is 6.64. The minimum Gasteiger partial charge on any atom is -0.398 e. The lowest BCUT2D eigenvalue weighted by atomic mass is 9.52. The lowest BCUT2D eigenvalue weighted by Gasteiger charge is -2.35. The van der Waals surface area contributed by atoms with Crippen molar-refractivity contribution >= 4 is 41.2 Å². The molecule has 0 unspecified atom stereocenters. The van der Waals surface area contributed by atoms with Gasteiger partial charge in [-0.2, -0.15) is 4.98 Å². The van der Waals surface area contributed by atoms with E-state index in [1.165, 1.54) is 6.20 Å². The van der Waals surface area contributed by atoms with Gasteiger partial charge < -0.3 is 26.2 Å². The van der Waals surface area contributed by atoms with Crippen molar-refractivity contribution in [2.75, 3.05) is 10.6 Å². The molecule has 1 heterocycles. The van der Waals surface area contributed by atoms with Gasteiger partial charge in [0.05, 0.1) is 17.3 Å². The van der Waals surface area contributed by atoms with E-state index in [0.717, 1.165) is 44.9 Å². The molecule has 0 aromatic carbocycles. The van der Waals surface area contributed by atoms with Crippen LogP contribution < -0.4 is 16.4 Å². The molecule has 3 rings (SSSR count). The van der Waals surface area contributed by atoms with Crippen molar-refractivity contribution in [3.05, 3.63) is 11.8 Å². The quantitative estimate of drug-likeness (QED) is 0.420. The van der Waals surface area contributed by atoms with Crippen LogP contribution in [0.3, 0.4) is 0 Å². The fourth-order valence-corrected chi connectivity index (χ4v) is 4.53. The zero-order valence-corrected chi connectivity index (χ0v) is 18.7. The SMILES string of the molecule is BC(B)(B)O[C@H]1CC[C@H](Nc2ncc(C(N)=O)c(N[C@@H]3CCC[C@](C)(O)C3)n2)CC1. The molecule has 11 heteroatoms. The highest BCUT2D eigenvalue weighted by atomic mass is 16.5. The molecule has 2 aliphatic rings. The number of carbonyl (C=O) groups is 1. The van der Waals surface area contributed by atoms with Crippen LogP contribution in [0.2, 0.25) is 0 Å². The molecule has 5 N–H and O–H groups in total. The summed E-state index contributed by atoms with van der Waals surface area (Å²) in [6, 6.07) is 0.312. The van der Waals surface area contributed by atoms with Crippen LogP contribution in [0.25, 0.3) is 0 Å². The molecular formula is C19H34B3N5O3. The molecule has 1 aromatic rings. The predicted octanol–water partition coefficient (Wildman–Crippen LogP) is -1.07. The third-order valence-corrected chi connectivity index (χ3v) is 5.88. The summed E-state index contributed by atoms with van der Waals surface area (Å²) in [6.07, 6.45) is 8.96. The number of nitrogens with one attached hydrogen (secondary N) is 2. The third-order valence-electron chi connectivity index (χ3n) is 5.88. The van der Waals surface area contributed by atoms with Gasteiger partial charge >= 0.3 is 0 Å². The molecule has 0 bridgehead atoms. The fourth-order valence-electron chi connectivity index (χ4n) is 4.53. The average Bonchev–Trinajstić information content (AvgIpc) is 2.61. The Balaban J connectivity index is 1.64. The predicted molar refractivity (Wildman–Crippen MR) is 126 cm³/mol. The zero-order chi connectivity index (χ0) is 21.9. The van der Waals surface area contributed by atoms with Gasteiger partial charge in [0.25, 0.3) is 5.91 Å². The standard InChI is InChI=1S/C19H34B3N5O3/c1-18(29)8-2-3-12(9-18)25-16-14(15(23)28)10-24-17(27-16)26-11-4-6-13(7-5-11)30-19(20,21)22/h10-13,29H,2-9,20-22H2,1H3,(H2,23,28)(H2,24,25,26,27)/t11-,12-,13-,18+/m1/s1. The lowest BCUT2D eigenvalue weighted by molar-refractivity contribution is 0.0181. The number of carbonyl (C=O) groups excluding carboxylic acids is 1. The fraction of sp³-hybridized carbons (Fsp3) is 0.737. The van der Waals surface area contributed by atoms with Gasteiger partial charge in [-0.05, 0) is 63.6 Å². The maximum absolute atomic E-state index is 11.9. The van der Waals surface area contributed by atoms with E-state index in [9.17, 15) is 9.90 Å². The maximum Gasteiger partial charge on any atom is 0.254 e. The van der Waals surface area contributed by atoms with Crippen molar-refractivity contribution in [1.29, 1.82) is 0 Å². The van der Waals surface area contributed by atoms with Crippen LogP contribution in [0, 0.1) is 0 Å². The molecule has 0 aliphatic heterocycles. The van der Waals surface area contributed by atoms with Crippen LogP contribution in [0.5, 0.6) is 0 Å². The molecule has 2 aliphatic carbocycles. The van der Waals surface area contributed by atoms with Gasteiger partial charge in [0.2, 0.25) is 5.95 Å². The number of hydrogen-bond donors (Lipinski definition) is 4. The maximum atomic E-state index is 11.9. The Labute approximate surface area is 181 Å². The van der Waals surface area contributed by atoms with Crippen molar-refractivity contribution in [1.82, 2.24) is 9.97 Å². The largest absolute Gasteiger partial charge is 0.398 e.